The highest BCUT2D eigenvalue weighted by Gasteiger charge is 2.66. The molecule has 3 heteroatoms. The highest BCUT2D eigenvalue weighted by molar-refractivity contribution is 5.82. The first-order valence-electron chi connectivity index (χ1n) is 10.0. The van der Waals surface area contributed by atoms with Crippen LogP contribution in [0.3, 0.4) is 0 Å². The average molecular weight is 335 g/mol. The van der Waals surface area contributed by atoms with Crippen LogP contribution in [-0.2, 0) is 4.79 Å². The summed E-state index contributed by atoms with van der Waals surface area (Å²) in [4.78, 5) is 12.3. The summed E-state index contributed by atoms with van der Waals surface area (Å²) in [7, 11) is 0. The fourth-order valence-electron chi connectivity index (χ4n) is 7.76. The molecule has 0 amide bonds. The van der Waals surface area contributed by atoms with Crippen molar-refractivity contribution < 1.29 is 15.0 Å². The lowest BCUT2D eigenvalue weighted by Gasteiger charge is -2.62. The van der Waals surface area contributed by atoms with Crippen molar-refractivity contribution in [2.75, 3.05) is 0 Å². The van der Waals surface area contributed by atoms with Crippen LogP contribution in [0.15, 0.2) is 0 Å². The second-order valence-electron chi connectivity index (χ2n) is 10.4. The molecule has 0 aliphatic heterocycles. The Hall–Kier alpha value is -0.410. The van der Waals surface area contributed by atoms with Gasteiger partial charge in [-0.05, 0) is 74.5 Å². The second-order valence-corrected chi connectivity index (χ2v) is 10.4. The lowest BCUT2D eigenvalue weighted by atomic mass is 9.43. The van der Waals surface area contributed by atoms with E-state index < -0.39 is 5.60 Å². The number of carbonyl (C=O) groups is 1. The van der Waals surface area contributed by atoms with Crippen LogP contribution >= 0.6 is 0 Å². The molecule has 136 valence electrons. The van der Waals surface area contributed by atoms with Crippen molar-refractivity contribution >= 4 is 5.78 Å². The number of hydrogen-bond acceptors (Lipinski definition) is 3. The molecule has 0 aromatic carbocycles. The van der Waals surface area contributed by atoms with E-state index in [1.807, 2.05) is 6.92 Å². The Labute approximate surface area is 146 Å². The summed E-state index contributed by atoms with van der Waals surface area (Å²) in [6.07, 6.45) is 6.23. The van der Waals surface area contributed by atoms with Crippen molar-refractivity contribution in [3.63, 3.8) is 0 Å². The van der Waals surface area contributed by atoms with Crippen LogP contribution in [-0.4, -0.2) is 27.7 Å². The van der Waals surface area contributed by atoms with E-state index in [1.165, 1.54) is 0 Å². The van der Waals surface area contributed by atoms with E-state index >= 15 is 0 Å². The number of carbonyl (C=O) groups excluding carboxylic acids is 1. The summed E-state index contributed by atoms with van der Waals surface area (Å²) < 4.78 is 0. The molecule has 4 unspecified atom stereocenters. The molecule has 0 aromatic rings. The van der Waals surface area contributed by atoms with Crippen molar-refractivity contribution in [2.45, 2.75) is 84.3 Å². The Bertz CT molecular complexity index is 555. The fourth-order valence-corrected chi connectivity index (χ4v) is 7.76. The van der Waals surface area contributed by atoms with Gasteiger partial charge in [0, 0.05) is 17.8 Å². The number of hydrogen-bond donors (Lipinski definition) is 2. The maximum Gasteiger partial charge on any atom is 0.136 e. The van der Waals surface area contributed by atoms with Gasteiger partial charge in [0.2, 0.25) is 0 Å². The molecule has 4 rings (SSSR count). The molecule has 0 spiro atoms. The van der Waals surface area contributed by atoms with Gasteiger partial charge in [-0.15, -0.1) is 0 Å². The van der Waals surface area contributed by atoms with E-state index in [4.69, 9.17) is 0 Å². The zero-order chi connectivity index (χ0) is 17.5. The Morgan fingerprint density at radius 1 is 1.08 bits per heavy atom. The topological polar surface area (TPSA) is 57.5 Å². The Balaban J connectivity index is 1.71. The van der Waals surface area contributed by atoms with Crippen LogP contribution in [0.5, 0.6) is 0 Å². The van der Waals surface area contributed by atoms with Gasteiger partial charge in [0.15, 0.2) is 0 Å². The first-order chi connectivity index (χ1) is 11.1. The minimum atomic E-state index is -0.656. The molecule has 4 aliphatic rings. The first kappa shape index (κ1) is 17.0. The average Bonchev–Trinajstić information content (AvgIpc) is 2.70. The molecule has 3 nitrogen and oxygen atoms in total. The van der Waals surface area contributed by atoms with Crippen LogP contribution in [0, 0.1) is 40.4 Å². The largest absolute Gasteiger partial charge is 0.393 e. The van der Waals surface area contributed by atoms with Gasteiger partial charge >= 0.3 is 0 Å². The lowest BCUT2D eigenvalue weighted by molar-refractivity contribution is -0.196. The first-order valence-corrected chi connectivity index (χ1v) is 10.0. The molecular weight excluding hydrogens is 300 g/mol. The van der Waals surface area contributed by atoms with Crippen molar-refractivity contribution in [2.24, 2.45) is 40.4 Å². The van der Waals surface area contributed by atoms with Crippen molar-refractivity contribution in [3.8, 4) is 0 Å². The Morgan fingerprint density at radius 3 is 2.50 bits per heavy atom. The van der Waals surface area contributed by atoms with Gasteiger partial charge in [0.1, 0.15) is 5.78 Å². The fraction of sp³-hybridized carbons (Fsp3) is 0.952. The van der Waals surface area contributed by atoms with Gasteiger partial charge in [0.05, 0.1) is 11.7 Å². The molecule has 2 N–H and O–H groups in total. The van der Waals surface area contributed by atoms with Gasteiger partial charge < -0.3 is 10.2 Å². The summed E-state index contributed by atoms with van der Waals surface area (Å²) in [6, 6.07) is 0. The minimum Gasteiger partial charge on any atom is -0.393 e. The normalized spacial score (nSPS) is 60.3. The molecule has 4 saturated carbocycles. The second kappa shape index (κ2) is 5.07. The molecule has 4 aliphatic carbocycles. The highest BCUT2D eigenvalue weighted by atomic mass is 16.3. The summed E-state index contributed by atoms with van der Waals surface area (Å²) >= 11 is 0. The van der Waals surface area contributed by atoms with Gasteiger partial charge in [-0.2, -0.15) is 0 Å². The maximum absolute atomic E-state index is 12.3. The molecule has 0 bridgehead atoms. The SMILES string of the molecule is CC1C[C@@]2(C)C(CC[C@@H]3[C@@H]2C(O)C[C@@]2(C)[C@H]3CCC2(C)O)CC1=O. The smallest absolute Gasteiger partial charge is 0.136 e. The van der Waals surface area contributed by atoms with Crippen LogP contribution in [0.4, 0.5) is 0 Å². The monoisotopic (exact) mass is 334 g/mol. The number of Topliss-reactive ketones (excluding diaryl/α,β-unsaturated/α-hetero) is 1. The molecule has 0 aromatic heterocycles. The highest BCUT2D eigenvalue weighted by Crippen LogP contribution is 2.68. The van der Waals surface area contributed by atoms with Crippen LogP contribution < -0.4 is 0 Å². The van der Waals surface area contributed by atoms with Crippen LogP contribution in [0.25, 0.3) is 0 Å². The van der Waals surface area contributed by atoms with E-state index in [2.05, 4.69) is 20.8 Å². The van der Waals surface area contributed by atoms with E-state index in [1.54, 1.807) is 0 Å². The number of rotatable bonds is 0. The number of fused-ring (bicyclic) bond motifs is 5. The molecule has 4 fully saturated rings. The predicted molar refractivity (Wildman–Crippen MR) is 93.3 cm³/mol. The summed E-state index contributed by atoms with van der Waals surface area (Å²) in [5.41, 5.74) is -0.727. The number of ketones is 1. The zero-order valence-electron chi connectivity index (χ0n) is 15.7. The number of aliphatic hydroxyl groups excluding tert-OH is 1. The Morgan fingerprint density at radius 2 is 1.79 bits per heavy atom. The zero-order valence-corrected chi connectivity index (χ0v) is 15.7. The standard InChI is InChI=1S/C21H34O3/c1-12-10-19(2)13(9-16(12)22)5-6-14-15-7-8-21(4,24)20(15,3)11-17(23)18(14)19/h12-15,17-18,23-24H,5-11H2,1-4H3/t12?,13?,14-,15-,17?,18+,19-,20-,21?/m0/s1. The van der Waals surface area contributed by atoms with E-state index in [0.717, 1.165) is 38.5 Å². The summed E-state index contributed by atoms with van der Waals surface area (Å²) in [5.74, 6) is 2.34. The number of aliphatic hydroxyl groups is 2. The quantitative estimate of drug-likeness (QED) is 0.712. The predicted octanol–water partition coefficient (Wildman–Crippen LogP) is 3.57. The van der Waals surface area contributed by atoms with Gasteiger partial charge in [0.25, 0.3) is 0 Å². The van der Waals surface area contributed by atoms with E-state index in [0.29, 0.717) is 35.9 Å². The lowest BCUT2D eigenvalue weighted by Crippen LogP contribution is -2.61. The van der Waals surface area contributed by atoms with Crippen LogP contribution in [0.1, 0.15) is 72.6 Å². The maximum atomic E-state index is 12.3. The minimum absolute atomic E-state index is 0.0887. The third-order valence-corrected chi connectivity index (χ3v) is 9.30. The Kier molecular flexibility index (Phi) is 3.59. The van der Waals surface area contributed by atoms with Crippen molar-refractivity contribution in [1.29, 1.82) is 0 Å². The third-order valence-electron chi connectivity index (χ3n) is 9.30. The van der Waals surface area contributed by atoms with Gasteiger partial charge in [-0.1, -0.05) is 20.8 Å². The van der Waals surface area contributed by atoms with Gasteiger partial charge in [-0.25, -0.2) is 0 Å². The molecule has 9 atom stereocenters. The molecule has 0 saturated heterocycles. The molecule has 0 radical (unpaired) electrons. The van der Waals surface area contributed by atoms with Crippen molar-refractivity contribution in [1.82, 2.24) is 0 Å². The van der Waals surface area contributed by atoms with Crippen LogP contribution in [0.2, 0.25) is 0 Å². The summed E-state index contributed by atoms with van der Waals surface area (Å²) in [6.45, 7) is 8.63. The van der Waals surface area contributed by atoms with E-state index in [9.17, 15) is 15.0 Å². The van der Waals surface area contributed by atoms with Crippen molar-refractivity contribution in [3.05, 3.63) is 0 Å². The summed E-state index contributed by atoms with van der Waals surface area (Å²) in [5, 5.41) is 22.2. The molecular formula is C21H34O3. The van der Waals surface area contributed by atoms with E-state index in [-0.39, 0.29) is 22.9 Å². The van der Waals surface area contributed by atoms with Gasteiger partial charge in [-0.3, -0.25) is 4.79 Å². The third kappa shape index (κ3) is 2.00. The molecule has 0 heterocycles. The molecule has 24 heavy (non-hydrogen) atoms.